The van der Waals surface area contributed by atoms with Crippen LogP contribution < -0.4 is 65.2 Å². The molecule has 5 aliphatic rings. The number of nitrogens with zero attached hydrogens (tertiary/aromatic N) is 4. The first kappa shape index (κ1) is 123. The molecule has 144 heavy (non-hydrogen) atoms. The Hall–Kier alpha value is -7.61. The standard InChI is InChI=1S/2C18H15P.3C17H26N.2C15H10.C6H18NSi2.CH4.BF3.4ClH.FH.Li.2Ru/c2*1-4-10-16(11-5-1)19(17-12-6-2-7-13-17)18-14-8-3-9-15-18;3*1-12-8-13(2)15(14(3)9-12)18-11-16(4,5)10-17(18,6)7;2*1-2-6-12(7-3-1)15-11-10-13-8-4-5-9-14(13)15;1-8(2,3)7-9(4,5)6;;2-1(3)4;;;;;;;;/h2*1-15H;3*8-9,11H,10H2,1-7H3;2*1-9,11H;1-6H3;1H4;;5*1H;;;/q;;2*-1;+1;;;-1;;;;;;;;+1;2*+2/p-3. The number of allylic oxidation sites excluding steroid dienone is 2. The van der Waals surface area contributed by atoms with Crippen molar-refractivity contribution in [3.8, 4) is 0 Å². The summed E-state index contributed by atoms with van der Waals surface area (Å²) in [6, 6.07) is 116. The molecule has 2 saturated heterocycles. The average molecular weight is 2250 g/mol. The number of fused-ring (bicyclic) bond motifs is 2. The van der Waals surface area contributed by atoms with E-state index in [9.17, 15) is 12.9 Å². The van der Waals surface area contributed by atoms with Gasteiger partial charge in [0.15, 0.2) is 11.8 Å². The normalized spacial score (nSPS) is 15.4. The fourth-order valence-electron chi connectivity index (χ4n) is 21.0. The third-order valence-electron chi connectivity index (χ3n) is 24.7. The molecule has 0 atom stereocenters. The zero-order chi connectivity index (χ0) is 103. The monoisotopic (exact) mass is 2250 g/mol. The molecule has 0 saturated carbocycles. The minimum absolute atomic E-state index is 0. The summed E-state index contributed by atoms with van der Waals surface area (Å²) in [6.07, 6.45) is 10.3. The number of hydrogen-bond donors (Lipinski definition) is 0. The molecule has 0 spiro atoms. The molecule has 13 aromatic carbocycles. The summed E-state index contributed by atoms with van der Waals surface area (Å²) in [6.45, 7) is 66.5. The van der Waals surface area contributed by atoms with Gasteiger partial charge < -0.3 is 19.2 Å². The summed E-state index contributed by atoms with van der Waals surface area (Å²) in [7, 11) is 17.1. The van der Waals surface area contributed by atoms with Crippen LogP contribution in [-0.2, 0) is 27.0 Å². The molecule has 0 aromatic heterocycles. The van der Waals surface area contributed by atoms with Crippen molar-refractivity contribution < 1.29 is 68.1 Å². The molecule has 2 aliphatic carbocycles. The van der Waals surface area contributed by atoms with E-state index in [-0.39, 0.29) is 63.9 Å². The number of rotatable bonds is 13. The van der Waals surface area contributed by atoms with Crippen molar-refractivity contribution in [3.63, 3.8) is 0 Å². The second kappa shape index (κ2) is 54.7. The zero-order valence-electron chi connectivity index (χ0n) is 89.3. The SMILES string of the molecule is C.C[Si](C)(C)[N-][Si](C)(C)C.Cc1cc(C)c(N2[CH-]C(C)(C)CC2(C)C)c(C)c1.Cc1cc(C)c(N2[CH-]C(C)(C)CC2(C)C)c(C)c1.Cc1cc(C)c([N+]2=CC(C)(C)CC2(C)C)c(C)c1.FB(F)F.[Cl][Ru]([Cl])=[C]1C=C(c2ccccc2)c2ccccc21.[Cl][Ru]([Cl])=[C]1C=C(c2ccccc2)c2ccccc21.[F-].[Li+].c1ccc([PH+](c2ccccc2)c2ccccc2)cc1.c1ccc([PH+](c2ccccc2)c2ccccc2)cc1. The van der Waals surface area contributed by atoms with Crippen LogP contribution in [0.15, 0.2) is 340 Å². The van der Waals surface area contributed by atoms with Crippen LogP contribution in [0.2, 0.25) is 39.3 Å². The van der Waals surface area contributed by atoms with Gasteiger partial charge in [0.05, 0.1) is 15.8 Å². The van der Waals surface area contributed by atoms with E-state index in [1.807, 2.05) is 48.5 Å². The summed E-state index contributed by atoms with van der Waals surface area (Å²) >= 11 is -3.76. The van der Waals surface area contributed by atoms with Gasteiger partial charge in [-0.15, -0.1) is 10.8 Å². The Bertz CT molecular complexity index is 5880. The predicted octanol–water partition coefficient (Wildman–Crippen LogP) is 28.2. The van der Waals surface area contributed by atoms with Crippen molar-refractivity contribution in [2.45, 2.75) is 228 Å². The summed E-state index contributed by atoms with van der Waals surface area (Å²) in [5.74, 6) is 0. The van der Waals surface area contributed by atoms with E-state index in [1.54, 1.807) is 0 Å². The van der Waals surface area contributed by atoms with Crippen LogP contribution in [0.1, 0.15) is 193 Å². The molecule has 0 amide bonds. The van der Waals surface area contributed by atoms with Crippen molar-refractivity contribution in [1.29, 1.82) is 0 Å². The van der Waals surface area contributed by atoms with E-state index in [2.05, 4.69) is 510 Å². The van der Waals surface area contributed by atoms with Crippen LogP contribution in [0.4, 0.5) is 30.0 Å². The number of hydrogen-bond acceptors (Lipinski definition) is 2. The Morgan fingerprint density at radius 3 is 0.771 bits per heavy atom. The van der Waals surface area contributed by atoms with Gasteiger partial charge in [0.1, 0.15) is 31.8 Å². The Morgan fingerprint density at radius 1 is 0.347 bits per heavy atom. The largest absolute Gasteiger partial charge is 1.00 e. The Labute approximate surface area is 907 Å². The molecule has 18 rings (SSSR count). The number of benzene rings is 13. The molecule has 13 aromatic rings. The first-order valence-corrected chi connectivity index (χ1v) is 69.2. The number of anilines is 2. The van der Waals surface area contributed by atoms with Crippen LogP contribution in [0.3, 0.4) is 0 Å². The Morgan fingerprint density at radius 2 is 0.569 bits per heavy atom. The van der Waals surface area contributed by atoms with E-state index in [1.165, 1.54) is 163 Å². The molecular formula is C124H152BCl4F4LiN4P2Ru2Si2. The number of aryl methyl sites for hydroxylation is 9. The first-order valence-electron chi connectivity index (χ1n) is 48.7. The molecule has 2 fully saturated rings. The summed E-state index contributed by atoms with van der Waals surface area (Å²) in [4.78, 5) is 4.99. The summed E-state index contributed by atoms with van der Waals surface area (Å²) in [5, 5.41) is 8.61. The van der Waals surface area contributed by atoms with Gasteiger partial charge in [-0.3, -0.25) is 12.9 Å². The van der Waals surface area contributed by atoms with Gasteiger partial charge >= 0.3 is 266 Å². The predicted molar refractivity (Wildman–Crippen MR) is 629 cm³/mol. The van der Waals surface area contributed by atoms with Crippen molar-refractivity contribution in [3.05, 3.63) is 441 Å². The fourth-order valence-corrected chi connectivity index (χ4v) is 39.2. The van der Waals surface area contributed by atoms with Gasteiger partial charge in [-0.1, -0.05) is 268 Å². The zero-order valence-corrected chi connectivity index (χ0v) is 99.8. The van der Waals surface area contributed by atoms with Crippen molar-refractivity contribution in [2.75, 3.05) is 9.80 Å². The van der Waals surface area contributed by atoms with Gasteiger partial charge in [0, 0.05) is 59.3 Å². The van der Waals surface area contributed by atoms with Gasteiger partial charge in [0.2, 0.25) is 5.69 Å². The Kier molecular flexibility index (Phi) is 46.9. The minimum Gasteiger partial charge on any atom is -1.00 e. The van der Waals surface area contributed by atoms with E-state index in [4.69, 9.17) is 43.4 Å². The average Bonchev–Trinajstić information content (AvgIpc) is 1.65. The topological polar surface area (TPSA) is 23.6 Å². The van der Waals surface area contributed by atoms with E-state index in [0.717, 1.165) is 8.21 Å². The maximum Gasteiger partial charge on any atom is 1.00 e. The Balaban J connectivity index is 0.000000222. The third kappa shape index (κ3) is 35.5. The third-order valence-corrected chi connectivity index (χ3v) is 41.8. The quantitative estimate of drug-likeness (QED) is 0.0378. The molecule has 0 unspecified atom stereocenters. The number of halogens is 8. The van der Waals surface area contributed by atoms with Gasteiger partial charge in [-0.05, 0) is 197 Å². The van der Waals surface area contributed by atoms with Crippen molar-refractivity contribution in [2.24, 2.45) is 16.2 Å². The summed E-state index contributed by atoms with van der Waals surface area (Å²) < 4.78 is 38.6. The van der Waals surface area contributed by atoms with Crippen LogP contribution in [0, 0.1) is 91.6 Å². The molecule has 0 radical (unpaired) electrons. The molecule has 0 bridgehead atoms. The molecule has 3 aliphatic heterocycles. The van der Waals surface area contributed by atoms with Crippen LogP contribution in [0.25, 0.3) is 15.8 Å². The molecule has 762 valence electrons. The van der Waals surface area contributed by atoms with Crippen LogP contribution in [0.5, 0.6) is 0 Å². The van der Waals surface area contributed by atoms with Gasteiger partial charge in [-0.2, -0.15) is 4.58 Å². The molecule has 4 nitrogen and oxygen atoms in total. The van der Waals surface area contributed by atoms with Gasteiger partial charge in [-0.25, -0.2) is 13.1 Å². The van der Waals surface area contributed by atoms with Crippen molar-refractivity contribution in [1.82, 2.24) is 0 Å². The smallest absolute Gasteiger partial charge is 1.00 e. The van der Waals surface area contributed by atoms with Crippen molar-refractivity contribution >= 4 is 153 Å². The van der Waals surface area contributed by atoms with E-state index >= 15 is 0 Å². The minimum atomic E-state index is -3.67. The maximum atomic E-state index is 9.67. The maximum absolute atomic E-state index is 9.67. The first-order chi connectivity index (χ1) is 66.2. The second-order valence-electron chi connectivity index (χ2n) is 43.3. The van der Waals surface area contributed by atoms with E-state index in [0.29, 0.717) is 0 Å². The molecule has 0 N–H and O–H groups in total. The van der Waals surface area contributed by atoms with Crippen LogP contribution in [-0.4, -0.2) is 59.6 Å². The summed E-state index contributed by atoms with van der Waals surface area (Å²) in [5.41, 5.74) is 27.7. The second-order valence-corrected chi connectivity index (χ2v) is 69.5. The molecule has 20 heteroatoms. The fraction of sp³-hybridized carbons (Fsp3) is 0.298. The van der Waals surface area contributed by atoms with Crippen LogP contribution >= 0.6 is 54.6 Å². The van der Waals surface area contributed by atoms with E-state index < -0.39 is 66.9 Å². The molecular weight excluding hydrogens is 2100 g/mol. The van der Waals surface area contributed by atoms with Gasteiger partial charge in [0.25, 0.3) is 0 Å². The molecule has 3 heterocycles.